The van der Waals surface area contributed by atoms with E-state index in [0.717, 1.165) is 16.1 Å². The lowest BCUT2D eigenvalue weighted by Crippen LogP contribution is -2.39. The Morgan fingerprint density at radius 3 is 2.35 bits per heavy atom. The molecule has 1 N–H and O–H groups in total. The summed E-state index contributed by atoms with van der Waals surface area (Å²) in [6.45, 7) is 2.05. The summed E-state index contributed by atoms with van der Waals surface area (Å²) < 4.78 is 37.0. The Morgan fingerprint density at radius 1 is 0.973 bits per heavy atom. The lowest BCUT2D eigenvalue weighted by Gasteiger charge is -2.22. The fourth-order valence-corrected chi connectivity index (χ4v) is 4.56. The first-order valence-corrected chi connectivity index (χ1v) is 13.9. The fraction of sp³-hybridized carbons (Fsp3) is 0.200. The molecule has 0 spiro atoms. The molecule has 0 aliphatic heterocycles. The van der Waals surface area contributed by atoms with E-state index in [1.54, 1.807) is 30.3 Å². The number of ether oxygens (including phenoxy) is 2. The first-order chi connectivity index (χ1) is 17.6. The molecule has 0 unspecified atom stereocenters. The summed E-state index contributed by atoms with van der Waals surface area (Å²) >= 11 is 18.0. The minimum absolute atomic E-state index is 0.0892. The molecule has 0 fully saturated rings. The van der Waals surface area contributed by atoms with E-state index in [0.29, 0.717) is 35.3 Å². The molecule has 37 heavy (non-hydrogen) atoms. The molecule has 0 saturated carbocycles. The van der Waals surface area contributed by atoms with Gasteiger partial charge < -0.3 is 9.47 Å². The van der Waals surface area contributed by atoms with Gasteiger partial charge >= 0.3 is 0 Å². The predicted octanol–water partition coefficient (Wildman–Crippen LogP) is 5.54. The van der Waals surface area contributed by atoms with Crippen molar-refractivity contribution in [1.82, 2.24) is 5.43 Å². The van der Waals surface area contributed by atoms with Gasteiger partial charge in [0.25, 0.3) is 5.91 Å². The number of carbonyl (C=O) groups is 1. The van der Waals surface area contributed by atoms with Crippen molar-refractivity contribution in [2.45, 2.75) is 13.5 Å². The first kappa shape index (κ1) is 28.6. The minimum atomic E-state index is -3.83. The summed E-state index contributed by atoms with van der Waals surface area (Å²) in [4.78, 5) is 12.5. The molecule has 0 heterocycles. The highest BCUT2D eigenvalue weighted by Gasteiger charge is 2.23. The topological polar surface area (TPSA) is 97.3 Å². The van der Waals surface area contributed by atoms with Crippen molar-refractivity contribution in [2.24, 2.45) is 5.10 Å². The number of hydrogen-bond donors (Lipinski definition) is 1. The van der Waals surface area contributed by atoms with Crippen molar-refractivity contribution in [3.63, 3.8) is 0 Å². The Labute approximate surface area is 230 Å². The molecule has 12 heteroatoms. The molecule has 0 radical (unpaired) electrons. The largest absolute Gasteiger partial charge is 0.490 e. The van der Waals surface area contributed by atoms with Crippen LogP contribution in [0.1, 0.15) is 18.1 Å². The SMILES string of the molecule is CCOc1cc(/C=N\NC(=O)CN(c2cc(Cl)ccc2Cl)S(C)(=O)=O)ccc1OCc1ccc(Cl)cc1. The number of rotatable bonds is 11. The molecule has 0 aliphatic carbocycles. The van der Waals surface area contributed by atoms with E-state index in [1.165, 1.54) is 24.4 Å². The van der Waals surface area contributed by atoms with Crippen molar-refractivity contribution in [2.75, 3.05) is 23.7 Å². The van der Waals surface area contributed by atoms with Crippen LogP contribution in [0.25, 0.3) is 0 Å². The van der Waals surface area contributed by atoms with E-state index in [4.69, 9.17) is 44.3 Å². The predicted molar refractivity (Wildman–Crippen MR) is 148 cm³/mol. The summed E-state index contributed by atoms with van der Waals surface area (Å²) in [6.07, 6.45) is 2.37. The molecule has 196 valence electrons. The Morgan fingerprint density at radius 2 is 1.68 bits per heavy atom. The van der Waals surface area contributed by atoms with Crippen LogP contribution in [0.15, 0.2) is 65.8 Å². The van der Waals surface area contributed by atoms with Gasteiger partial charge in [-0.15, -0.1) is 0 Å². The van der Waals surface area contributed by atoms with Crippen molar-refractivity contribution in [3.05, 3.63) is 86.9 Å². The van der Waals surface area contributed by atoms with E-state index < -0.39 is 22.5 Å². The van der Waals surface area contributed by atoms with Crippen LogP contribution < -0.4 is 19.2 Å². The Bertz CT molecular complexity index is 1380. The zero-order valence-electron chi connectivity index (χ0n) is 19.9. The third-order valence-corrected chi connectivity index (χ3v) is 6.78. The molecule has 0 aliphatic rings. The first-order valence-electron chi connectivity index (χ1n) is 11.0. The van der Waals surface area contributed by atoms with Crippen LogP contribution in [0, 0.1) is 0 Å². The molecular weight excluding hydrogens is 561 g/mol. The molecule has 1 amide bonds. The van der Waals surface area contributed by atoms with Crippen molar-refractivity contribution in [3.8, 4) is 11.5 Å². The summed E-state index contributed by atoms with van der Waals surface area (Å²) in [6, 6.07) is 16.8. The second kappa shape index (κ2) is 13.0. The smallest absolute Gasteiger partial charge is 0.260 e. The van der Waals surface area contributed by atoms with Crippen molar-refractivity contribution < 1.29 is 22.7 Å². The van der Waals surface area contributed by atoms with Gasteiger partial charge in [-0.2, -0.15) is 5.10 Å². The van der Waals surface area contributed by atoms with Gasteiger partial charge in [-0.05, 0) is 66.6 Å². The molecule has 3 aromatic rings. The Balaban J connectivity index is 1.67. The van der Waals surface area contributed by atoms with Gasteiger partial charge in [0.15, 0.2) is 11.5 Å². The van der Waals surface area contributed by atoms with Crippen LogP contribution in [-0.4, -0.2) is 39.9 Å². The second-order valence-corrected chi connectivity index (χ2v) is 10.9. The highest BCUT2D eigenvalue weighted by molar-refractivity contribution is 7.92. The molecule has 8 nitrogen and oxygen atoms in total. The van der Waals surface area contributed by atoms with Crippen LogP contribution >= 0.6 is 34.8 Å². The van der Waals surface area contributed by atoms with Gasteiger partial charge in [0.1, 0.15) is 13.2 Å². The maximum absolute atomic E-state index is 12.5. The van der Waals surface area contributed by atoms with E-state index in [9.17, 15) is 13.2 Å². The highest BCUT2D eigenvalue weighted by Crippen LogP contribution is 2.31. The standard InChI is InChI=1S/C25H24Cl3N3O5S/c1-3-35-24-12-18(6-11-23(24)36-16-17-4-7-19(26)8-5-17)14-29-30-25(32)15-31(37(2,33)34)22-13-20(27)9-10-21(22)28/h4-14H,3,15-16H2,1-2H3,(H,30,32)/b29-14-. The third-order valence-electron chi connectivity index (χ3n) is 4.84. The molecule has 3 rings (SSSR count). The quantitative estimate of drug-likeness (QED) is 0.236. The molecule has 0 aromatic heterocycles. The second-order valence-electron chi connectivity index (χ2n) is 7.71. The van der Waals surface area contributed by atoms with Gasteiger partial charge in [0.2, 0.25) is 10.0 Å². The highest BCUT2D eigenvalue weighted by atomic mass is 35.5. The van der Waals surface area contributed by atoms with Crippen molar-refractivity contribution >= 4 is 62.6 Å². The van der Waals surface area contributed by atoms with Crippen LogP contribution in [0.4, 0.5) is 5.69 Å². The van der Waals surface area contributed by atoms with Crippen LogP contribution in [-0.2, 0) is 21.4 Å². The lowest BCUT2D eigenvalue weighted by atomic mass is 10.2. The van der Waals surface area contributed by atoms with Gasteiger partial charge in [-0.3, -0.25) is 9.10 Å². The molecule has 0 bridgehead atoms. The van der Waals surface area contributed by atoms with Gasteiger partial charge in [0.05, 0.1) is 29.8 Å². The monoisotopic (exact) mass is 583 g/mol. The van der Waals surface area contributed by atoms with Gasteiger partial charge in [0, 0.05) is 10.0 Å². The number of carbonyl (C=O) groups excluding carboxylic acids is 1. The number of halogens is 3. The Hall–Kier alpha value is -2.98. The molecular formula is C25H24Cl3N3O5S. The van der Waals surface area contributed by atoms with Gasteiger partial charge in [-0.25, -0.2) is 13.8 Å². The average Bonchev–Trinajstić information content (AvgIpc) is 2.84. The number of amides is 1. The van der Waals surface area contributed by atoms with Crippen LogP contribution in [0.5, 0.6) is 11.5 Å². The average molecular weight is 585 g/mol. The summed E-state index contributed by atoms with van der Waals surface area (Å²) in [5.41, 5.74) is 3.98. The number of hydrogen-bond acceptors (Lipinski definition) is 6. The van der Waals surface area contributed by atoms with Gasteiger partial charge in [-0.1, -0.05) is 46.9 Å². The number of nitrogens with one attached hydrogen (secondary N) is 1. The van der Waals surface area contributed by atoms with E-state index >= 15 is 0 Å². The van der Waals surface area contributed by atoms with Crippen LogP contribution in [0.2, 0.25) is 15.1 Å². The number of anilines is 1. The van der Waals surface area contributed by atoms with E-state index in [1.807, 2.05) is 19.1 Å². The number of nitrogens with zero attached hydrogens (tertiary/aromatic N) is 2. The van der Waals surface area contributed by atoms with Crippen LogP contribution in [0.3, 0.4) is 0 Å². The third kappa shape index (κ3) is 8.53. The summed E-state index contributed by atoms with van der Waals surface area (Å²) in [5.74, 6) is 0.372. The Kier molecular flexibility index (Phi) is 10.0. The van der Waals surface area contributed by atoms with E-state index in [2.05, 4.69) is 10.5 Å². The maximum atomic E-state index is 12.5. The minimum Gasteiger partial charge on any atom is -0.490 e. The fourth-order valence-electron chi connectivity index (χ4n) is 3.14. The number of sulfonamides is 1. The normalized spacial score (nSPS) is 11.4. The summed E-state index contributed by atoms with van der Waals surface area (Å²) in [5, 5.41) is 4.98. The van der Waals surface area contributed by atoms with Crippen molar-refractivity contribution in [1.29, 1.82) is 0 Å². The summed E-state index contributed by atoms with van der Waals surface area (Å²) in [7, 11) is -3.83. The molecule has 0 saturated heterocycles. The zero-order valence-corrected chi connectivity index (χ0v) is 23.0. The molecule has 0 atom stereocenters. The zero-order chi connectivity index (χ0) is 27.0. The van der Waals surface area contributed by atoms with E-state index in [-0.39, 0.29) is 15.7 Å². The lowest BCUT2D eigenvalue weighted by molar-refractivity contribution is -0.119. The number of hydrazone groups is 1. The maximum Gasteiger partial charge on any atom is 0.260 e. The number of benzene rings is 3. The molecule has 3 aromatic carbocycles.